The third kappa shape index (κ3) is 3.42. The van der Waals surface area contributed by atoms with Gasteiger partial charge in [-0.1, -0.05) is 12.1 Å². The molecule has 3 aromatic rings. The molecule has 3 rings (SSSR count). The van der Waals surface area contributed by atoms with E-state index in [9.17, 15) is 10.1 Å². The Bertz CT molecular complexity index is 948. The average molecular weight is 360 g/mol. The molecule has 0 atom stereocenters. The summed E-state index contributed by atoms with van der Waals surface area (Å²) < 4.78 is 6.78. The molecule has 0 unspecified atom stereocenters. The number of rotatable bonds is 6. The van der Waals surface area contributed by atoms with Gasteiger partial charge in [0, 0.05) is 5.38 Å². The summed E-state index contributed by atoms with van der Waals surface area (Å²) in [5, 5.41) is 19.0. The predicted molar refractivity (Wildman–Crippen MR) is 94.6 cm³/mol. The zero-order valence-corrected chi connectivity index (χ0v) is 14.0. The quantitative estimate of drug-likeness (QED) is 0.290. The molecule has 7 nitrogen and oxygen atoms in total. The molecule has 24 heavy (non-hydrogen) atoms. The van der Waals surface area contributed by atoms with Crippen LogP contribution in [0.3, 0.4) is 0 Å². The highest BCUT2D eigenvalue weighted by molar-refractivity contribution is 7.14. The van der Waals surface area contributed by atoms with E-state index in [0.29, 0.717) is 17.1 Å². The number of thiazole rings is 1. The topological polar surface area (TPSA) is 85.9 Å². The minimum atomic E-state index is -0.586. The summed E-state index contributed by atoms with van der Waals surface area (Å²) in [4.78, 5) is 16.3. The molecule has 9 heteroatoms. The molecule has 0 radical (unpaired) electrons. The molecule has 0 N–H and O–H groups in total. The highest BCUT2D eigenvalue weighted by atomic mass is 32.1. The van der Waals surface area contributed by atoms with Gasteiger partial charge in [0.2, 0.25) is 4.80 Å². The van der Waals surface area contributed by atoms with E-state index in [4.69, 9.17) is 4.42 Å². The van der Waals surface area contributed by atoms with Crippen molar-refractivity contribution in [1.82, 2.24) is 4.68 Å². The first-order valence-electron chi connectivity index (χ1n) is 6.83. The zero-order valence-electron chi connectivity index (χ0n) is 12.4. The molecule has 0 fully saturated rings. The van der Waals surface area contributed by atoms with Crippen LogP contribution in [0, 0.1) is 10.1 Å². The van der Waals surface area contributed by atoms with Crippen LogP contribution in [0.2, 0.25) is 0 Å². The first-order valence-corrected chi connectivity index (χ1v) is 8.59. The van der Waals surface area contributed by atoms with Gasteiger partial charge in [0.05, 0.1) is 29.4 Å². The Labute approximate surface area is 144 Å². The van der Waals surface area contributed by atoms with Crippen molar-refractivity contribution in [3.63, 3.8) is 0 Å². The molecule has 0 amide bonds. The highest BCUT2D eigenvalue weighted by Gasteiger charge is 2.11. The fourth-order valence-electron chi connectivity index (χ4n) is 1.88. The molecule has 3 heterocycles. The Balaban J connectivity index is 2.00. The minimum absolute atomic E-state index is 0.298. The van der Waals surface area contributed by atoms with Crippen LogP contribution in [0.15, 0.2) is 62.2 Å². The maximum absolute atomic E-state index is 10.7. The van der Waals surface area contributed by atoms with Crippen molar-refractivity contribution in [1.29, 1.82) is 0 Å². The van der Waals surface area contributed by atoms with E-state index in [1.807, 2.05) is 22.9 Å². The summed E-state index contributed by atoms with van der Waals surface area (Å²) in [6.07, 6.45) is 3.14. The summed E-state index contributed by atoms with van der Waals surface area (Å²) in [6.45, 7) is 4.14. The van der Waals surface area contributed by atoms with E-state index in [1.54, 1.807) is 22.1 Å². The van der Waals surface area contributed by atoms with Crippen molar-refractivity contribution in [2.24, 2.45) is 10.1 Å². The molecule has 0 bridgehead atoms. The van der Waals surface area contributed by atoms with E-state index in [-0.39, 0.29) is 5.88 Å². The first-order chi connectivity index (χ1) is 11.7. The van der Waals surface area contributed by atoms with Crippen molar-refractivity contribution in [3.8, 4) is 10.6 Å². The summed E-state index contributed by atoms with van der Waals surface area (Å²) in [7, 11) is 0. The van der Waals surface area contributed by atoms with E-state index in [1.165, 1.54) is 29.7 Å². The van der Waals surface area contributed by atoms with Gasteiger partial charge in [-0.05, 0) is 17.5 Å². The van der Waals surface area contributed by atoms with Gasteiger partial charge in [-0.25, -0.2) is 4.68 Å². The highest BCUT2D eigenvalue weighted by Crippen LogP contribution is 2.25. The van der Waals surface area contributed by atoms with Crippen LogP contribution in [-0.4, -0.2) is 22.4 Å². The first kappa shape index (κ1) is 16.1. The lowest BCUT2D eigenvalue weighted by atomic mass is 10.4. The van der Waals surface area contributed by atoms with Crippen molar-refractivity contribution >= 4 is 34.8 Å². The molecule has 0 aliphatic carbocycles. The molecule has 0 spiro atoms. The number of aromatic nitrogens is 1. The van der Waals surface area contributed by atoms with Gasteiger partial charge in [-0.15, -0.1) is 29.3 Å². The molecule has 0 saturated carbocycles. The van der Waals surface area contributed by atoms with Gasteiger partial charge in [-0.2, -0.15) is 5.10 Å². The lowest BCUT2D eigenvalue weighted by molar-refractivity contribution is -0.402. The third-order valence-electron chi connectivity index (χ3n) is 2.91. The Morgan fingerprint density at radius 3 is 2.92 bits per heavy atom. The summed E-state index contributed by atoms with van der Waals surface area (Å²) in [5.41, 5.74) is 0.898. The largest absolute Gasteiger partial charge is 0.433 e. The second-order valence-corrected chi connectivity index (χ2v) is 6.28. The van der Waals surface area contributed by atoms with Crippen LogP contribution < -0.4 is 4.80 Å². The molecular formula is C15H12N4O3S2. The third-order valence-corrected chi connectivity index (χ3v) is 4.65. The van der Waals surface area contributed by atoms with Crippen molar-refractivity contribution < 1.29 is 9.34 Å². The summed E-state index contributed by atoms with van der Waals surface area (Å²) in [6, 6.07) is 6.75. The molecular weight excluding hydrogens is 348 g/mol. The van der Waals surface area contributed by atoms with Gasteiger partial charge >= 0.3 is 5.88 Å². The number of furan rings is 1. The van der Waals surface area contributed by atoms with Crippen molar-refractivity contribution in [3.05, 3.63) is 68.4 Å². The Morgan fingerprint density at radius 1 is 1.38 bits per heavy atom. The van der Waals surface area contributed by atoms with Crippen molar-refractivity contribution in [2.75, 3.05) is 6.54 Å². The van der Waals surface area contributed by atoms with Crippen LogP contribution in [0.1, 0.15) is 5.76 Å². The maximum atomic E-state index is 10.7. The minimum Gasteiger partial charge on any atom is -0.400 e. The Morgan fingerprint density at radius 2 is 2.25 bits per heavy atom. The molecule has 3 aromatic heterocycles. The van der Waals surface area contributed by atoms with Crippen LogP contribution in [0.4, 0.5) is 5.88 Å². The number of nitro groups is 1. The molecule has 0 saturated heterocycles. The zero-order chi connectivity index (χ0) is 16.9. The maximum Gasteiger partial charge on any atom is 0.433 e. The van der Waals surface area contributed by atoms with Gasteiger partial charge in [0.15, 0.2) is 5.76 Å². The van der Waals surface area contributed by atoms with Crippen LogP contribution in [0.25, 0.3) is 10.6 Å². The van der Waals surface area contributed by atoms with Crippen LogP contribution >= 0.6 is 22.7 Å². The van der Waals surface area contributed by atoms with Gasteiger partial charge < -0.3 is 4.42 Å². The van der Waals surface area contributed by atoms with Gasteiger partial charge in [0.1, 0.15) is 4.92 Å². The van der Waals surface area contributed by atoms with E-state index in [0.717, 1.165) is 10.6 Å². The van der Waals surface area contributed by atoms with E-state index in [2.05, 4.69) is 16.7 Å². The molecule has 0 aliphatic rings. The monoisotopic (exact) mass is 360 g/mol. The molecule has 0 aromatic carbocycles. The lowest BCUT2D eigenvalue weighted by Crippen LogP contribution is -2.12. The number of thiophene rings is 1. The van der Waals surface area contributed by atoms with E-state index < -0.39 is 4.92 Å². The second-order valence-electron chi connectivity index (χ2n) is 4.50. The van der Waals surface area contributed by atoms with Gasteiger partial charge in [-0.3, -0.25) is 15.1 Å². The number of hydrogen-bond acceptors (Lipinski definition) is 7. The standard InChI is InChI=1S/C15H12N4O3S2/c1-2-7-16-15-18(12(10-24-15)13-4-3-8-23-13)17-9-11-5-6-14(22-11)19(20)21/h2-6,8-10H,1,7H2. The fourth-order valence-corrected chi connectivity index (χ4v) is 3.52. The fraction of sp³-hybridized carbons (Fsp3) is 0.0667. The summed E-state index contributed by atoms with van der Waals surface area (Å²) >= 11 is 3.06. The predicted octanol–water partition coefficient (Wildman–Crippen LogP) is 3.75. The van der Waals surface area contributed by atoms with Crippen LogP contribution in [-0.2, 0) is 0 Å². The number of hydrogen-bond donors (Lipinski definition) is 0. The van der Waals surface area contributed by atoms with Crippen molar-refractivity contribution in [2.45, 2.75) is 0 Å². The van der Waals surface area contributed by atoms with Crippen LogP contribution in [0.5, 0.6) is 0 Å². The normalized spacial score (nSPS) is 12.1. The number of nitrogens with zero attached hydrogens (tertiary/aromatic N) is 4. The molecule has 122 valence electrons. The smallest absolute Gasteiger partial charge is 0.400 e. The van der Waals surface area contributed by atoms with E-state index >= 15 is 0 Å². The summed E-state index contributed by atoms with van der Waals surface area (Å²) in [5.74, 6) is -0.0194. The Kier molecular flexibility index (Phi) is 4.82. The SMILES string of the molecule is C=CCN=c1scc(-c2cccs2)n1N=Cc1ccc([N+](=O)[O-])o1. The molecule has 0 aliphatic heterocycles. The van der Waals surface area contributed by atoms with Gasteiger partial charge in [0.25, 0.3) is 0 Å². The second kappa shape index (κ2) is 7.20. The average Bonchev–Trinajstić information content (AvgIpc) is 3.29. The lowest BCUT2D eigenvalue weighted by Gasteiger charge is -1.99. The Hall–Kier alpha value is -2.78.